The first kappa shape index (κ1) is 47.4. The van der Waals surface area contributed by atoms with Crippen LogP contribution >= 0.6 is 0 Å². The van der Waals surface area contributed by atoms with Gasteiger partial charge in [-0.05, 0) is 150 Å². The summed E-state index contributed by atoms with van der Waals surface area (Å²) >= 11 is 0. The van der Waals surface area contributed by atoms with E-state index < -0.39 is 0 Å². The number of benzene rings is 12. The third-order valence-electron chi connectivity index (χ3n) is 14.7. The molecule has 0 aliphatic carbocycles. The molecule has 0 aliphatic heterocycles. The third kappa shape index (κ3) is 9.53. The first-order valence-electron chi connectivity index (χ1n) is 26.5. The lowest BCUT2D eigenvalue weighted by Crippen LogP contribution is -2.23. The fourth-order valence-electron chi connectivity index (χ4n) is 10.9. The second kappa shape index (κ2) is 21.1. The van der Waals surface area contributed by atoms with Crippen LogP contribution in [-0.2, 0) is 0 Å². The Morgan fingerprint density at radius 2 is 0.346 bits per heavy atom. The molecule has 0 spiro atoms. The molecule has 0 amide bonds. The van der Waals surface area contributed by atoms with Gasteiger partial charge in [0.05, 0.1) is 22.8 Å². The Morgan fingerprint density at radius 3 is 0.577 bits per heavy atom. The van der Waals surface area contributed by atoms with Gasteiger partial charge in [-0.25, -0.2) is 4.79 Å². The highest BCUT2D eigenvalue weighted by Gasteiger charge is 2.27. The molecule has 3 nitrogen and oxygen atoms in total. The van der Waals surface area contributed by atoms with Crippen molar-refractivity contribution in [3.05, 3.63) is 326 Å². The van der Waals surface area contributed by atoms with Crippen molar-refractivity contribution >= 4 is 0 Å². The van der Waals surface area contributed by atoms with Gasteiger partial charge in [0.1, 0.15) is 0 Å². The van der Waals surface area contributed by atoms with Crippen molar-refractivity contribution in [2.24, 2.45) is 0 Å². The molecule has 0 unspecified atom stereocenters. The molecule has 13 rings (SSSR count). The molecule has 0 bridgehead atoms. The summed E-state index contributed by atoms with van der Waals surface area (Å²) in [6.07, 6.45) is 0. The summed E-state index contributed by atoms with van der Waals surface area (Å²) in [4.78, 5) is 16.6. The van der Waals surface area contributed by atoms with Crippen LogP contribution in [0.25, 0.3) is 123 Å². The Kier molecular flexibility index (Phi) is 12.8. The van der Waals surface area contributed by atoms with Crippen LogP contribution in [0, 0.1) is 0 Å². The summed E-state index contributed by atoms with van der Waals surface area (Å²) in [5.41, 5.74) is 21.9. The lowest BCUT2D eigenvalue weighted by Gasteiger charge is -2.16. The molecule has 0 aliphatic rings. The maximum absolute atomic E-state index is 16.6. The number of imidazole rings is 1. The zero-order valence-electron chi connectivity index (χ0n) is 42.8. The minimum absolute atomic E-state index is 0.189. The second-order valence-electron chi connectivity index (χ2n) is 19.7. The summed E-state index contributed by atoms with van der Waals surface area (Å²) in [6.45, 7) is 0. The zero-order chi connectivity index (χ0) is 52.2. The Labute approximate surface area is 455 Å². The molecule has 0 fully saturated rings. The molecule has 0 radical (unpaired) electrons. The highest BCUT2D eigenvalue weighted by Crippen LogP contribution is 2.41. The highest BCUT2D eigenvalue weighted by atomic mass is 16.1. The fraction of sp³-hybridized carbons (Fsp3) is 0. The van der Waals surface area contributed by atoms with Crippen LogP contribution in [0.3, 0.4) is 0 Å². The topological polar surface area (TPSA) is 26.9 Å². The summed E-state index contributed by atoms with van der Waals surface area (Å²) in [5.74, 6) is 0. The molecule has 13 aromatic rings. The summed E-state index contributed by atoms with van der Waals surface area (Å²) in [7, 11) is 0. The maximum Gasteiger partial charge on any atom is 0.338 e. The van der Waals surface area contributed by atoms with Crippen LogP contribution in [0.5, 0.6) is 0 Å². The van der Waals surface area contributed by atoms with Crippen molar-refractivity contribution in [1.29, 1.82) is 0 Å². The molecule has 0 N–H and O–H groups in total. The first-order chi connectivity index (χ1) is 38.6. The zero-order valence-corrected chi connectivity index (χ0v) is 42.8. The lowest BCUT2D eigenvalue weighted by atomic mass is 9.94. The normalized spacial score (nSPS) is 11.1. The smallest absolute Gasteiger partial charge is 0.260 e. The van der Waals surface area contributed by atoms with Gasteiger partial charge in [0, 0.05) is 11.1 Å². The highest BCUT2D eigenvalue weighted by molar-refractivity contribution is 5.87. The number of rotatable bonds is 12. The first-order valence-corrected chi connectivity index (χ1v) is 26.5. The van der Waals surface area contributed by atoms with Crippen molar-refractivity contribution in [1.82, 2.24) is 9.13 Å². The molecular weight excluding hydrogens is 945 g/mol. The monoisotopic (exact) mass is 996 g/mol. The van der Waals surface area contributed by atoms with Gasteiger partial charge >= 0.3 is 5.69 Å². The Morgan fingerprint density at radius 1 is 0.167 bits per heavy atom. The summed E-state index contributed by atoms with van der Waals surface area (Å²) in [6, 6.07) is 111. The van der Waals surface area contributed by atoms with E-state index in [2.05, 4.69) is 303 Å². The second-order valence-corrected chi connectivity index (χ2v) is 19.7. The quantitative estimate of drug-likeness (QED) is 0.120. The van der Waals surface area contributed by atoms with Crippen LogP contribution in [-0.4, -0.2) is 9.13 Å². The Balaban J connectivity index is 1.10. The maximum atomic E-state index is 16.6. The van der Waals surface area contributed by atoms with E-state index >= 15 is 4.79 Å². The lowest BCUT2D eigenvalue weighted by molar-refractivity contribution is 0.914. The molecule has 0 saturated carbocycles. The fourth-order valence-corrected chi connectivity index (χ4v) is 10.9. The van der Waals surface area contributed by atoms with E-state index in [0.717, 1.165) is 123 Å². The van der Waals surface area contributed by atoms with Gasteiger partial charge in [-0.1, -0.05) is 255 Å². The van der Waals surface area contributed by atoms with E-state index in [4.69, 9.17) is 0 Å². The molecule has 0 atom stereocenters. The van der Waals surface area contributed by atoms with Crippen molar-refractivity contribution in [2.45, 2.75) is 0 Å². The van der Waals surface area contributed by atoms with Crippen LogP contribution in [0.1, 0.15) is 0 Å². The molecular formula is C75H52N2O. The number of hydrogen-bond donors (Lipinski definition) is 0. The van der Waals surface area contributed by atoms with E-state index in [1.807, 2.05) is 21.3 Å². The summed E-state index contributed by atoms with van der Waals surface area (Å²) in [5, 5.41) is 0. The van der Waals surface area contributed by atoms with Gasteiger partial charge < -0.3 is 0 Å². The largest absolute Gasteiger partial charge is 0.338 e. The predicted molar refractivity (Wildman–Crippen MR) is 326 cm³/mol. The molecule has 1 aromatic heterocycles. The van der Waals surface area contributed by atoms with Gasteiger partial charge in [0.25, 0.3) is 0 Å². The molecule has 368 valence electrons. The van der Waals surface area contributed by atoms with Crippen molar-refractivity contribution < 1.29 is 0 Å². The van der Waals surface area contributed by atoms with Gasteiger partial charge in [-0.15, -0.1) is 0 Å². The predicted octanol–water partition coefficient (Wildman–Crippen LogP) is 19.3. The molecule has 0 saturated heterocycles. The van der Waals surface area contributed by atoms with E-state index in [0.29, 0.717) is 0 Å². The van der Waals surface area contributed by atoms with Gasteiger partial charge in [0.2, 0.25) is 0 Å². The van der Waals surface area contributed by atoms with E-state index in [1.165, 1.54) is 0 Å². The Hall–Kier alpha value is -10.4. The average molecular weight is 997 g/mol. The van der Waals surface area contributed by atoms with Crippen LogP contribution in [0.2, 0.25) is 0 Å². The van der Waals surface area contributed by atoms with E-state index in [1.54, 1.807) is 0 Å². The van der Waals surface area contributed by atoms with Crippen LogP contribution in [0.15, 0.2) is 320 Å². The standard InChI is InChI=1S/C75H52N2O/c78-75-76(71-49-67(63-39-19-35-59(43-63)53-23-7-1-8-24-53)47-68(50-71)64-40-20-36-60(44-64)54-25-9-2-10-26-54)73(57-31-15-5-16-32-57)74(58-33-17-6-18-34-58)77(75)72-51-69(65-41-21-37-61(45-65)55-27-11-3-12-28-55)48-70(52-72)66-42-22-38-62(46-66)56-29-13-4-14-30-56/h1-52H. The number of aromatic nitrogens is 2. The van der Waals surface area contributed by atoms with Crippen molar-refractivity contribution in [2.75, 3.05) is 0 Å². The number of nitrogens with zero attached hydrogens (tertiary/aromatic N) is 2. The molecule has 3 heteroatoms. The van der Waals surface area contributed by atoms with Crippen LogP contribution in [0.4, 0.5) is 0 Å². The summed E-state index contributed by atoms with van der Waals surface area (Å²) < 4.78 is 3.90. The minimum Gasteiger partial charge on any atom is -0.260 e. The van der Waals surface area contributed by atoms with Gasteiger partial charge in [0.15, 0.2) is 0 Å². The van der Waals surface area contributed by atoms with Gasteiger partial charge in [-0.2, -0.15) is 0 Å². The van der Waals surface area contributed by atoms with Crippen molar-refractivity contribution in [3.63, 3.8) is 0 Å². The Bertz CT molecular complexity index is 3820. The average Bonchev–Trinajstić information content (AvgIpc) is 3.94. The SMILES string of the molecule is O=c1n(-c2cc(-c3cccc(-c4ccccc4)c3)cc(-c3cccc(-c4ccccc4)c3)c2)c(-c2ccccc2)c(-c2ccccc2)n1-c1cc(-c2cccc(-c3ccccc3)c2)cc(-c2cccc(-c3ccccc3)c2)c1. The minimum atomic E-state index is -0.189. The third-order valence-corrected chi connectivity index (χ3v) is 14.7. The van der Waals surface area contributed by atoms with Crippen LogP contribution < -0.4 is 5.69 Å². The van der Waals surface area contributed by atoms with E-state index in [-0.39, 0.29) is 5.69 Å². The molecule has 1 heterocycles. The van der Waals surface area contributed by atoms with E-state index in [9.17, 15) is 0 Å². The molecule has 12 aromatic carbocycles. The number of hydrogen-bond acceptors (Lipinski definition) is 1. The molecule has 78 heavy (non-hydrogen) atoms. The van der Waals surface area contributed by atoms with Crippen molar-refractivity contribution in [3.8, 4) is 123 Å². The van der Waals surface area contributed by atoms with Gasteiger partial charge in [-0.3, -0.25) is 9.13 Å².